The number of hydrogen-bond acceptors (Lipinski definition) is 2. The molecule has 17 heavy (non-hydrogen) atoms. The summed E-state index contributed by atoms with van der Waals surface area (Å²) in [5, 5.41) is 1.16. The van der Waals surface area contributed by atoms with Crippen LogP contribution >= 0.6 is 0 Å². The van der Waals surface area contributed by atoms with Crippen LogP contribution in [0.1, 0.15) is 0 Å². The molecule has 0 radical (unpaired) electrons. The average molecular weight is 224 g/mol. The van der Waals surface area contributed by atoms with Gasteiger partial charge in [0.1, 0.15) is 0 Å². The summed E-state index contributed by atoms with van der Waals surface area (Å²) < 4.78 is 0. The Kier molecular flexibility index (Phi) is 3.55. The van der Waals surface area contributed by atoms with E-state index in [4.69, 9.17) is 0 Å². The summed E-state index contributed by atoms with van der Waals surface area (Å²) in [6.07, 6.45) is 5.61. The number of hydrogen-bond donors (Lipinski definition) is 0. The zero-order chi connectivity index (χ0) is 12.1. The molecular weight excluding hydrogens is 208 g/mol. The van der Waals surface area contributed by atoms with E-state index < -0.39 is 0 Å². The molecule has 0 unspecified atom stereocenters. The van der Waals surface area contributed by atoms with Gasteiger partial charge in [-0.15, -0.1) is 13.2 Å². The SMILES string of the molecule is C=CCN(CC=C)c1cccc2cccnc12. The normalized spacial score (nSPS) is 10.1. The number of anilines is 1. The van der Waals surface area contributed by atoms with Crippen LogP contribution in [0.2, 0.25) is 0 Å². The fourth-order valence-corrected chi connectivity index (χ4v) is 1.93. The second kappa shape index (κ2) is 5.30. The maximum absolute atomic E-state index is 4.46. The van der Waals surface area contributed by atoms with Crippen molar-refractivity contribution in [2.45, 2.75) is 0 Å². The van der Waals surface area contributed by atoms with Crippen LogP contribution in [0, 0.1) is 0 Å². The van der Waals surface area contributed by atoms with E-state index in [0.717, 1.165) is 29.7 Å². The predicted octanol–water partition coefficient (Wildman–Crippen LogP) is 3.41. The van der Waals surface area contributed by atoms with E-state index in [2.05, 4.69) is 47.3 Å². The fourth-order valence-electron chi connectivity index (χ4n) is 1.93. The Morgan fingerprint density at radius 1 is 1.06 bits per heavy atom. The summed E-state index contributed by atoms with van der Waals surface area (Å²) in [7, 11) is 0. The molecule has 2 rings (SSSR count). The largest absolute Gasteiger partial charge is 0.362 e. The monoisotopic (exact) mass is 224 g/mol. The molecule has 0 N–H and O–H groups in total. The molecule has 0 saturated heterocycles. The van der Waals surface area contributed by atoms with Crippen LogP contribution in [0.5, 0.6) is 0 Å². The topological polar surface area (TPSA) is 16.1 Å². The number of rotatable bonds is 5. The van der Waals surface area contributed by atoms with E-state index in [0.29, 0.717) is 0 Å². The number of pyridine rings is 1. The third kappa shape index (κ3) is 2.36. The molecular formula is C15H16N2. The lowest BCUT2D eigenvalue weighted by atomic mass is 10.1. The second-order valence-corrected chi connectivity index (χ2v) is 3.83. The molecule has 1 aromatic heterocycles. The predicted molar refractivity (Wildman–Crippen MR) is 74.4 cm³/mol. The minimum atomic E-state index is 0.793. The van der Waals surface area contributed by atoms with Crippen molar-refractivity contribution in [2.75, 3.05) is 18.0 Å². The number of nitrogens with zero attached hydrogens (tertiary/aromatic N) is 2. The summed E-state index contributed by atoms with van der Waals surface area (Å²) in [6, 6.07) is 10.2. The Balaban J connectivity index is 2.51. The minimum Gasteiger partial charge on any atom is -0.362 e. The molecule has 0 amide bonds. The maximum atomic E-state index is 4.46. The molecule has 1 heterocycles. The smallest absolute Gasteiger partial charge is 0.0935 e. The van der Waals surface area contributed by atoms with Gasteiger partial charge in [-0.2, -0.15) is 0 Å². The summed E-state index contributed by atoms with van der Waals surface area (Å²) in [5.41, 5.74) is 2.15. The number of aromatic nitrogens is 1. The van der Waals surface area contributed by atoms with Gasteiger partial charge in [0.05, 0.1) is 11.2 Å². The van der Waals surface area contributed by atoms with Crippen LogP contribution in [0.25, 0.3) is 10.9 Å². The lowest BCUT2D eigenvalue weighted by molar-refractivity contribution is 0.960. The summed E-state index contributed by atoms with van der Waals surface area (Å²) in [5.74, 6) is 0. The molecule has 2 nitrogen and oxygen atoms in total. The van der Waals surface area contributed by atoms with Crippen LogP contribution in [0.3, 0.4) is 0 Å². The Labute approximate surface area is 102 Å². The van der Waals surface area contributed by atoms with Crippen LogP contribution < -0.4 is 4.90 Å². The lowest BCUT2D eigenvalue weighted by Gasteiger charge is -2.22. The van der Waals surface area contributed by atoms with Crippen molar-refractivity contribution in [3.05, 3.63) is 61.8 Å². The van der Waals surface area contributed by atoms with Gasteiger partial charge in [0.15, 0.2) is 0 Å². The first-order chi connectivity index (χ1) is 8.36. The van der Waals surface area contributed by atoms with Gasteiger partial charge in [-0.05, 0) is 12.1 Å². The molecule has 0 bridgehead atoms. The van der Waals surface area contributed by atoms with E-state index in [1.54, 1.807) is 0 Å². The third-order valence-corrected chi connectivity index (χ3v) is 2.65. The molecule has 0 aliphatic heterocycles. The first-order valence-corrected chi connectivity index (χ1v) is 5.67. The summed E-state index contributed by atoms with van der Waals surface area (Å²) in [6.45, 7) is 9.17. The van der Waals surface area contributed by atoms with Gasteiger partial charge in [0.2, 0.25) is 0 Å². The van der Waals surface area contributed by atoms with Crippen molar-refractivity contribution < 1.29 is 0 Å². The van der Waals surface area contributed by atoms with Crippen LogP contribution in [0.15, 0.2) is 61.8 Å². The van der Waals surface area contributed by atoms with E-state index in [9.17, 15) is 0 Å². The first-order valence-electron chi connectivity index (χ1n) is 5.67. The van der Waals surface area contributed by atoms with Gasteiger partial charge in [-0.3, -0.25) is 4.98 Å². The zero-order valence-electron chi connectivity index (χ0n) is 9.84. The molecule has 0 saturated carbocycles. The Morgan fingerprint density at radius 3 is 2.47 bits per heavy atom. The van der Waals surface area contributed by atoms with Gasteiger partial charge in [0.25, 0.3) is 0 Å². The molecule has 0 fully saturated rings. The molecule has 86 valence electrons. The molecule has 0 spiro atoms. The molecule has 0 atom stereocenters. The molecule has 0 aliphatic rings. The highest BCUT2D eigenvalue weighted by Gasteiger charge is 2.07. The Hall–Kier alpha value is -2.09. The highest BCUT2D eigenvalue weighted by atomic mass is 15.1. The van der Waals surface area contributed by atoms with Crippen molar-refractivity contribution >= 4 is 16.6 Å². The van der Waals surface area contributed by atoms with Gasteiger partial charge in [0, 0.05) is 24.7 Å². The van der Waals surface area contributed by atoms with Gasteiger partial charge in [-0.1, -0.05) is 30.4 Å². The number of benzene rings is 1. The second-order valence-electron chi connectivity index (χ2n) is 3.83. The summed E-state index contributed by atoms with van der Waals surface area (Å²) >= 11 is 0. The van der Waals surface area contributed by atoms with E-state index in [-0.39, 0.29) is 0 Å². The fraction of sp³-hybridized carbons (Fsp3) is 0.133. The highest BCUT2D eigenvalue weighted by Crippen LogP contribution is 2.24. The Bertz CT molecular complexity index is 516. The van der Waals surface area contributed by atoms with E-state index >= 15 is 0 Å². The average Bonchev–Trinajstić information content (AvgIpc) is 2.38. The molecule has 0 aliphatic carbocycles. The van der Waals surface area contributed by atoms with Crippen molar-refractivity contribution in [1.82, 2.24) is 4.98 Å². The van der Waals surface area contributed by atoms with Gasteiger partial charge < -0.3 is 4.90 Å². The number of para-hydroxylation sites is 1. The van der Waals surface area contributed by atoms with Crippen molar-refractivity contribution in [2.24, 2.45) is 0 Å². The lowest BCUT2D eigenvalue weighted by Crippen LogP contribution is -2.23. The van der Waals surface area contributed by atoms with Crippen LogP contribution in [0.4, 0.5) is 5.69 Å². The Morgan fingerprint density at radius 2 is 1.76 bits per heavy atom. The van der Waals surface area contributed by atoms with Gasteiger partial charge >= 0.3 is 0 Å². The van der Waals surface area contributed by atoms with E-state index in [1.165, 1.54) is 0 Å². The minimum absolute atomic E-state index is 0.793. The third-order valence-electron chi connectivity index (χ3n) is 2.65. The highest BCUT2D eigenvalue weighted by molar-refractivity contribution is 5.90. The van der Waals surface area contributed by atoms with Crippen molar-refractivity contribution in [3.63, 3.8) is 0 Å². The first kappa shape index (κ1) is 11.4. The zero-order valence-corrected chi connectivity index (χ0v) is 9.84. The quantitative estimate of drug-likeness (QED) is 0.723. The van der Waals surface area contributed by atoms with Gasteiger partial charge in [-0.25, -0.2) is 0 Å². The number of fused-ring (bicyclic) bond motifs is 1. The summed E-state index contributed by atoms with van der Waals surface area (Å²) in [4.78, 5) is 6.66. The molecule has 2 heteroatoms. The maximum Gasteiger partial charge on any atom is 0.0935 e. The van der Waals surface area contributed by atoms with Crippen LogP contribution in [-0.2, 0) is 0 Å². The molecule has 1 aromatic carbocycles. The van der Waals surface area contributed by atoms with Crippen LogP contribution in [-0.4, -0.2) is 18.1 Å². The van der Waals surface area contributed by atoms with Crippen molar-refractivity contribution in [3.8, 4) is 0 Å². The molecule has 2 aromatic rings. The van der Waals surface area contributed by atoms with E-state index in [1.807, 2.05) is 24.4 Å². The standard InChI is InChI=1S/C15H16N2/c1-3-11-17(12-4-2)14-9-5-7-13-8-6-10-16-15(13)14/h3-10H,1-2,11-12H2. The van der Waals surface area contributed by atoms with Crippen molar-refractivity contribution in [1.29, 1.82) is 0 Å².